The topological polar surface area (TPSA) is 75.6 Å². The zero-order valence-corrected chi connectivity index (χ0v) is 16.0. The van der Waals surface area contributed by atoms with Crippen LogP contribution in [0.2, 0.25) is 0 Å². The summed E-state index contributed by atoms with van der Waals surface area (Å²) in [6, 6.07) is 11.7. The van der Waals surface area contributed by atoms with E-state index in [2.05, 4.69) is 12.2 Å². The lowest BCUT2D eigenvalue weighted by Gasteiger charge is -2.15. The van der Waals surface area contributed by atoms with Gasteiger partial charge in [0.25, 0.3) is 0 Å². The first-order chi connectivity index (χ1) is 13.1. The van der Waals surface area contributed by atoms with Gasteiger partial charge in [0.2, 0.25) is 0 Å². The Bertz CT molecular complexity index is 771. The average molecular weight is 369 g/mol. The number of ether oxygens (including phenoxy) is 1. The van der Waals surface area contributed by atoms with E-state index >= 15 is 0 Å². The minimum Gasteiger partial charge on any atom is -0.505 e. The van der Waals surface area contributed by atoms with Crippen molar-refractivity contribution >= 4 is 17.4 Å². The first-order valence-corrected chi connectivity index (χ1v) is 9.46. The normalized spacial score (nSPS) is 10.4. The Balaban J connectivity index is 2.23. The van der Waals surface area contributed by atoms with Gasteiger partial charge in [0.05, 0.1) is 23.4 Å². The van der Waals surface area contributed by atoms with Crippen LogP contribution >= 0.6 is 0 Å². The van der Waals surface area contributed by atoms with E-state index < -0.39 is 5.97 Å². The Hall–Kier alpha value is -2.82. The van der Waals surface area contributed by atoms with Crippen molar-refractivity contribution in [2.24, 2.45) is 0 Å². The summed E-state index contributed by atoms with van der Waals surface area (Å²) in [6.07, 6.45) is 4.05. The van der Waals surface area contributed by atoms with Crippen LogP contribution in [-0.2, 0) is 4.74 Å². The molecular formula is C22H27NO4. The number of esters is 1. The molecule has 0 unspecified atom stereocenters. The molecule has 0 aliphatic carbocycles. The highest BCUT2D eigenvalue weighted by Crippen LogP contribution is 2.33. The molecule has 0 amide bonds. The minimum atomic E-state index is -0.503. The number of rotatable bonds is 10. The molecule has 0 aromatic heterocycles. The summed E-state index contributed by atoms with van der Waals surface area (Å²) in [5.74, 6) is -1.03. The van der Waals surface area contributed by atoms with Gasteiger partial charge in [-0.2, -0.15) is 0 Å². The number of hydrogen-bond acceptors (Lipinski definition) is 5. The first kappa shape index (κ1) is 20.5. The second-order valence-corrected chi connectivity index (χ2v) is 6.31. The van der Waals surface area contributed by atoms with Crippen LogP contribution in [-0.4, -0.2) is 30.0 Å². The second-order valence-electron chi connectivity index (χ2n) is 6.31. The number of nitrogens with one attached hydrogen (secondary N) is 1. The van der Waals surface area contributed by atoms with E-state index in [0.29, 0.717) is 18.7 Å². The van der Waals surface area contributed by atoms with E-state index in [9.17, 15) is 14.7 Å². The molecule has 0 aliphatic heterocycles. The smallest absolute Gasteiger partial charge is 0.340 e. The molecule has 0 spiro atoms. The molecule has 5 heteroatoms. The summed E-state index contributed by atoms with van der Waals surface area (Å²) < 4.78 is 5.33. The van der Waals surface area contributed by atoms with Gasteiger partial charge in [-0.3, -0.25) is 4.79 Å². The molecule has 0 aliphatic rings. The van der Waals surface area contributed by atoms with Crippen molar-refractivity contribution in [3.8, 4) is 5.75 Å². The molecule has 2 aromatic rings. The van der Waals surface area contributed by atoms with Crippen LogP contribution in [0.4, 0.5) is 5.69 Å². The highest BCUT2D eigenvalue weighted by Gasteiger charge is 2.22. The molecule has 27 heavy (non-hydrogen) atoms. The van der Waals surface area contributed by atoms with Gasteiger partial charge >= 0.3 is 5.97 Å². The number of benzene rings is 2. The number of carbonyl (C=O) groups is 2. The highest BCUT2D eigenvalue weighted by atomic mass is 16.5. The monoisotopic (exact) mass is 369 g/mol. The lowest BCUT2D eigenvalue weighted by atomic mass is 9.99. The summed E-state index contributed by atoms with van der Waals surface area (Å²) in [4.78, 5) is 25.1. The molecule has 2 rings (SSSR count). The van der Waals surface area contributed by atoms with Crippen LogP contribution in [0.25, 0.3) is 0 Å². The third-order valence-electron chi connectivity index (χ3n) is 4.26. The van der Waals surface area contributed by atoms with Crippen molar-refractivity contribution in [3.05, 3.63) is 59.2 Å². The quantitative estimate of drug-likeness (QED) is 0.272. The molecule has 0 atom stereocenters. The number of phenolic OH excluding ortho intramolecular Hbond substituents is 1. The van der Waals surface area contributed by atoms with Crippen molar-refractivity contribution in [2.45, 2.75) is 39.5 Å². The SMILES string of the molecule is CCCCCCOC(=O)c1ccc(C(=O)c2ccccc2)c(O)c1NCC. The predicted octanol–water partition coefficient (Wildman–Crippen LogP) is 4.79. The van der Waals surface area contributed by atoms with Gasteiger partial charge in [0, 0.05) is 12.1 Å². The van der Waals surface area contributed by atoms with Crippen molar-refractivity contribution < 1.29 is 19.4 Å². The van der Waals surface area contributed by atoms with E-state index in [1.54, 1.807) is 24.3 Å². The van der Waals surface area contributed by atoms with Gasteiger partial charge < -0.3 is 15.2 Å². The molecule has 0 fully saturated rings. The fraction of sp³-hybridized carbons (Fsp3) is 0.364. The van der Waals surface area contributed by atoms with Crippen molar-refractivity contribution in [1.29, 1.82) is 0 Å². The van der Waals surface area contributed by atoms with Crippen molar-refractivity contribution in [1.82, 2.24) is 0 Å². The Kier molecular flexibility index (Phi) is 7.86. The number of hydrogen-bond donors (Lipinski definition) is 2. The number of phenols is 1. The number of carbonyl (C=O) groups excluding carboxylic acids is 2. The summed E-state index contributed by atoms with van der Waals surface area (Å²) in [5.41, 5.74) is 1.09. The lowest BCUT2D eigenvalue weighted by molar-refractivity contribution is 0.0498. The molecule has 0 saturated carbocycles. The maximum atomic E-state index is 12.7. The van der Waals surface area contributed by atoms with E-state index in [1.165, 1.54) is 12.1 Å². The summed E-state index contributed by atoms with van der Waals surface area (Å²) in [6.45, 7) is 4.81. The van der Waals surface area contributed by atoms with E-state index in [1.807, 2.05) is 13.0 Å². The van der Waals surface area contributed by atoms with Gasteiger partial charge in [-0.25, -0.2) is 4.79 Å². The predicted molar refractivity (Wildman–Crippen MR) is 107 cm³/mol. The van der Waals surface area contributed by atoms with Crippen LogP contribution in [0.5, 0.6) is 5.75 Å². The average Bonchev–Trinajstić information content (AvgIpc) is 2.69. The number of ketones is 1. The van der Waals surface area contributed by atoms with Gasteiger partial charge in [0.15, 0.2) is 11.5 Å². The van der Waals surface area contributed by atoms with Gasteiger partial charge in [-0.05, 0) is 25.5 Å². The number of unbranched alkanes of at least 4 members (excludes halogenated alkanes) is 3. The lowest BCUT2D eigenvalue weighted by Crippen LogP contribution is -2.13. The fourth-order valence-electron chi connectivity index (χ4n) is 2.82. The van der Waals surface area contributed by atoms with Gasteiger partial charge in [-0.15, -0.1) is 0 Å². The van der Waals surface area contributed by atoms with Crippen molar-refractivity contribution in [3.63, 3.8) is 0 Å². The standard InChI is InChI=1S/C22H27NO4/c1-3-5-6-10-15-27-22(26)17-13-14-18(21(25)19(17)23-4-2)20(24)16-11-8-7-9-12-16/h7-9,11-14,23,25H,3-6,10,15H2,1-2H3. The summed E-state index contributed by atoms with van der Waals surface area (Å²) >= 11 is 0. The second kappa shape index (κ2) is 10.4. The third kappa shape index (κ3) is 5.33. The third-order valence-corrected chi connectivity index (χ3v) is 4.26. The van der Waals surface area contributed by atoms with Gasteiger partial charge in [-0.1, -0.05) is 56.5 Å². The molecule has 5 nitrogen and oxygen atoms in total. The van der Waals surface area contributed by atoms with Crippen LogP contribution in [0.15, 0.2) is 42.5 Å². The van der Waals surface area contributed by atoms with E-state index in [-0.39, 0.29) is 28.3 Å². The molecule has 0 saturated heterocycles. The molecule has 2 aromatic carbocycles. The Labute approximate surface area is 160 Å². The summed E-state index contributed by atoms with van der Waals surface area (Å²) in [5, 5.41) is 13.6. The minimum absolute atomic E-state index is 0.150. The van der Waals surface area contributed by atoms with E-state index in [0.717, 1.165) is 25.7 Å². The summed E-state index contributed by atoms with van der Waals surface area (Å²) in [7, 11) is 0. The van der Waals surface area contributed by atoms with E-state index in [4.69, 9.17) is 4.74 Å². The van der Waals surface area contributed by atoms with Crippen LogP contribution in [0.3, 0.4) is 0 Å². The fourth-order valence-corrected chi connectivity index (χ4v) is 2.82. The maximum absolute atomic E-state index is 12.7. The maximum Gasteiger partial charge on any atom is 0.340 e. The number of anilines is 1. The molecule has 0 bridgehead atoms. The Morgan fingerprint density at radius 1 is 0.963 bits per heavy atom. The Morgan fingerprint density at radius 2 is 1.67 bits per heavy atom. The molecule has 144 valence electrons. The van der Waals surface area contributed by atoms with Crippen molar-refractivity contribution in [2.75, 3.05) is 18.5 Å². The zero-order chi connectivity index (χ0) is 19.6. The molecular weight excluding hydrogens is 342 g/mol. The largest absolute Gasteiger partial charge is 0.505 e. The zero-order valence-electron chi connectivity index (χ0n) is 16.0. The first-order valence-electron chi connectivity index (χ1n) is 9.46. The number of aromatic hydroxyl groups is 1. The van der Waals surface area contributed by atoms with Crippen LogP contribution in [0, 0.1) is 0 Å². The Morgan fingerprint density at radius 3 is 2.33 bits per heavy atom. The molecule has 0 radical (unpaired) electrons. The van der Waals surface area contributed by atoms with Crippen LogP contribution < -0.4 is 5.32 Å². The molecule has 2 N–H and O–H groups in total. The highest BCUT2D eigenvalue weighted by molar-refractivity contribution is 6.13. The van der Waals surface area contributed by atoms with Crippen LogP contribution in [0.1, 0.15) is 65.8 Å². The molecule has 0 heterocycles. The van der Waals surface area contributed by atoms with Gasteiger partial charge in [0.1, 0.15) is 0 Å².